The SMILES string of the molecule is CC(C)(C)NC(O)OC1/C=C/CCC(C(=O)O)CC1. The number of carboxylic acid groups (broad SMARTS) is 1. The van der Waals surface area contributed by atoms with Gasteiger partial charge in [0.1, 0.15) is 0 Å². The van der Waals surface area contributed by atoms with Gasteiger partial charge in [0.05, 0.1) is 12.0 Å². The lowest BCUT2D eigenvalue weighted by Gasteiger charge is -2.28. The van der Waals surface area contributed by atoms with E-state index in [0.717, 1.165) is 6.42 Å². The topological polar surface area (TPSA) is 78.8 Å². The molecule has 110 valence electrons. The van der Waals surface area contributed by atoms with E-state index in [-0.39, 0.29) is 17.6 Å². The van der Waals surface area contributed by atoms with Crippen molar-refractivity contribution in [2.24, 2.45) is 5.92 Å². The molecule has 19 heavy (non-hydrogen) atoms. The average Bonchev–Trinajstić information content (AvgIpc) is 2.18. The first-order valence-electron chi connectivity index (χ1n) is 6.78. The minimum absolute atomic E-state index is 0.242. The number of aliphatic hydroxyl groups excluding tert-OH is 1. The Bertz CT molecular complexity index is 322. The van der Waals surface area contributed by atoms with Crippen LogP contribution >= 0.6 is 0 Å². The lowest BCUT2D eigenvalue weighted by Crippen LogP contribution is -2.46. The number of nitrogens with one attached hydrogen (secondary N) is 1. The third kappa shape index (κ3) is 6.71. The van der Waals surface area contributed by atoms with E-state index in [0.29, 0.717) is 19.3 Å². The Kier molecular flexibility index (Phi) is 5.97. The molecule has 3 N–H and O–H groups in total. The van der Waals surface area contributed by atoms with E-state index >= 15 is 0 Å². The van der Waals surface area contributed by atoms with Gasteiger partial charge in [-0.05, 0) is 46.5 Å². The molecule has 0 saturated heterocycles. The highest BCUT2D eigenvalue weighted by molar-refractivity contribution is 5.69. The lowest BCUT2D eigenvalue weighted by molar-refractivity contribution is -0.155. The Morgan fingerprint density at radius 3 is 2.63 bits per heavy atom. The fourth-order valence-corrected chi connectivity index (χ4v) is 2.08. The second-order valence-electron chi connectivity index (χ2n) is 6.04. The van der Waals surface area contributed by atoms with Gasteiger partial charge in [-0.25, -0.2) is 0 Å². The van der Waals surface area contributed by atoms with Gasteiger partial charge >= 0.3 is 5.97 Å². The van der Waals surface area contributed by atoms with Crippen molar-refractivity contribution in [1.29, 1.82) is 0 Å². The molecule has 0 fully saturated rings. The van der Waals surface area contributed by atoms with Crippen molar-refractivity contribution in [3.05, 3.63) is 12.2 Å². The van der Waals surface area contributed by atoms with Gasteiger partial charge in [0.2, 0.25) is 6.41 Å². The molecule has 0 heterocycles. The number of rotatable bonds is 4. The van der Waals surface area contributed by atoms with Gasteiger partial charge in [0.25, 0.3) is 0 Å². The normalized spacial score (nSPS) is 28.2. The number of hydrogen-bond acceptors (Lipinski definition) is 4. The van der Waals surface area contributed by atoms with E-state index < -0.39 is 12.4 Å². The first kappa shape index (κ1) is 16.1. The van der Waals surface area contributed by atoms with Gasteiger partial charge in [0.15, 0.2) is 0 Å². The molecule has 0 saturated carbocycles. The van der Waals surface area contributed by atoms with Crippen LogP contribution in [-0.2, 0) is 9.53 Å². The van der Waals surface area contributed by atoms with E-state index in [2.05, 4.69) is 5.32 Å². The summed E-state index contributed by atoms with van der Waals surface area (Å²) in [6, 6.07) is 0. The number of carboxylic acids is 1. The van der Waals surface area contributed by atoms with Crippen molar-refractivity contribution in [1.82, 2.24) is 5.32 Å². The summed E-state index contributed by atoms with van der Waals surface area (Å²) in [5.74, 6) is -1.06. The molecular formula is C14H25NO4. The van der Waals surface area contributed by atoms with Crippen LogP contribution in [0.5, 0.6) is 0 Å². The van der Waals surface area contributed by atoms with Crippen LogP contribution in [0.2, 0.25) is 0 Å². The fourth-order valence-electron chi connectivity index (χ4n) is 2.08. The van der Waals surface area contributed by atoms with E-state index in [1.807, 2.05) is 32.9 Å². The predicted molar refractivity (Wildman–Crippen MR) is 72.5 cm³/mol. The third-order valence-corrected chi connectivity index (χ3v) is 3.04. The number of aliphatic hydroxyl groups is 1. The van der Waals surface area contributed by atoms with Crippen LogP contribution in [0.4, 0.5) is 0 Å². The highest BCUT2D eigenvalue weighted by atomic mass is 16.6. The Morgan fingerprint density at radius 1 is 1.37 bits per heavy atom. The molecule has 0 radical (unpaired) electrons. The van der Waals surface area contributed by atoms with Crippen LogP contribution in [-0.4, -0.2) is 34.2 Å². The summed E-state index contributed by atoms with van der Waals surface area (Å²) in [5, 5.41) is 21.8. The van der Waals surface area contributed by atoms with Crippen molar-refractivity contribution in [2.75, 3.05) is 0 Å². The fraction of sp³-hybridized carbons (Fsp3) is 0.786. The number of aliphatic carboxylic acids is 1. The van der Waals surface area contributed by atoms with E-state index in [1.54, 1.807) is 0 Å². The van der Waals surface area contributed by atoms with Crippen LogP contribution in [0.1, 0.15) is 46.5 Å². The Balaban J connectivity index is 2.49. The summed E-state index contributed by atoms with van der Waals surface area (Å²) in [7, 11) is 0. The van der Waals surface area contributed by atoms with Crippen LogP contribution < -0.4 is 5.32 Å². The highest BCUT2D eigenvalue weighted by Gasteiger charge is 2.23. The quantitative estimate of drug-likeness (QED) is 0.537. The molecule has 0 aromatic rings. The first-order chi connectivity index (χ1) is 8.78. The van der Waals surface area contributed by atoms with Gasteiger partial charge in [-0.1, -0.05) is 12.2 Å². The van der Waals surface area contributed by atoms with Crippen LogP contribution in [0.15, 0.2) is 12.2 Å². The van der Waals surface area contributed by atoms with Gasteiger partial charge < -0.3 is 14.9 Å². The maximum Gasteiger partial charge on any atom is 0.306 e. The molecule has 0 aromatic carbocycles. The monoisotopic (exact) mass is 271 g/mol. The maximum atomic E-state index is 11.0. The third-order valence-electron chi connectivity index (χ3n) is 3.04. The van der Waals surface area contributed by atoms with E-state index in [9.17, 15) is 9.90 Å². The summed E-state index contributed by atoms with van der Waals surface area (Å²) in [5.41, 5.74) is -0.242. The van der Waals surface area contributed by atoms with E-state index in [1.165, 1.54) is 0 Å². The Labute approximate surface area is 114 Å². The molecule has 0 amide bonds. The maximum absolute atomic E-state index is 11.0. The zero-order valence-corrected chi connectivity index (χ0v) is 11.9. The number of hydrogen-bond donors (Lipinski definition) is 3. The number of allylic oxidation sites excluding steroid dienone is 1. The minimum atomic E-state index is -1.04. The second-order valence-corrected chi connectivity index (χ2v) is 6.04. The molecule has 0 aliphatic heterocycles. The molecule has 0 bridgehead atoms. The molecule has 5 heteroatoms. The second kappa shape index (κ2) is 7.03. The van der Waals surface area contributed by atoms with Crippen molar-refractivity contribution >= 4 is 5.97 Å². The van der Waals surface area contributed by atoms with E-state index in [4.69, 9.17) is 9.84 Å². The van der Waals surface area contributed by atoms with Gasteiger partial charge in [0, 0.05) is 5.54 Å². The smallest absolute Gasteiger partial charge is 0.306 e. The van der Waals surface area contributed by atoms with Crippen molar-refractivity contribution in [3.63, 3.8) is 0 Å². The van der Waals surface area contributed by atoms with Crippen molar-refractivity contribution in [2.45, 2.75) is 64.5 Å². The first-order valence-corrected chi connectivity index (χ1v) is 6.78. The predicted octanol–water partition coefficient (Wildman–Crippen LogP) is 1.87. The van der Waals surface area contributed by atoms with Crippen LogP contribution in [0, 0.1) is 5.92 Å². The lowest BCUT2D eigenvalue weighted by atomic mass is 9.93. The van der Waals surface area contributed by atoms with Crippen molar-refractivity contribution < 1.29 is 19.7 Å². The van der Waals surface area contributed by atoms with Gasteiger partial charge in [-0.2, -0.15) is 0 Å². The number of ether oxygens (including phenoxy) is 1. The zero-order valence-electron chi connectivity index (χ0n) is 11.9. The standard InChI is InChI=1S/C14H25NO4/c1-14(2,3)15-13(18)19-11-7-5-4-6-10(8-9-11)12(16)17/h5,7,10-11,13,15,18H,4,6,8-9H2,1-3H3,(H,16,17)/b7-5+. The molecule has 0 spiro atoms. The molecule has 0 aromatic heterocycles. The van der Waals surface area contributed by atoms with Gasteiger partial charge in [-0.15, -0.1) is 0 Å². The largest absolute Gasteiger partial charge is 0.481 e. The molecule has 1 aliphatic rings. The van der Waals surface area contributed by atoms with Gasteiger partial charge in [-0.3, -0.25) is 10.1 Å². The summed E-state index contributed by atoms with van der Waals surface area (Å²) < 4.78 is 5.50. The molecule has 1 aliphatic carbocycles. The minimum Gasteiger partial charge on any atom is -0.481 e. The van der Waals surface area contributed by atoms with Crippen LogP contribution in [0.25, 0.3) is 0 Å². The zero-order chi connectivity index (χ0) is 14.5. The van der Waals surface area contributed by atoms with Crippen molar-refractivity contribution in [3.8, 4) is 0 Å². The van der Waals surface area contributed by atoms with Crippen LogP contribution in [0.3, 0.4) is 0 Å². The molecule has 3 atom stereocenters. The summed E-state index contributed by atoms with van der Waals surface area (Å²) in [6.45, 7) is 5.82. The average molecular weight is 271 g/mol. The summed E-state index contributed by atoms with van der Waals surface area (Å²) >= 11 is 0. The Morgan fingerprint density at radius 2 is 2.05 bits per heavy atom. The number of carbonyl (C=O) groups is 1. The summed E-state index contributed by atoms with van der Waals surface area (Å²) in [6.07, 6.45) is 5.14. The molecule has 1 rings (SSSR count). The molecule has 5 nitrogen and oxygen atoms in total. The summed E-state index contributed by atoms with van der Waals surface area (Å²) in [4.78, 5) is 11.0. The highest BCUT2D eigenvalue weighted by Crippen LogP contribution is 2.21. The Hall–Kier alpha value is -0.910. The molecule has 3 unspecified atom stereocenters. The molecular weight excluding hydrogens is 246 g/mol.